The maximum absolute atomic E-state index is 12.6. The number of hydrogen-bond donors (Lipinski definition) is 0. The number of carbonyl (C=O) groups is 1. The van der Waals surface area contributed by atoms with Gasteiger partial charge in [-0.25, -0.2) is 8.42 Å². The van der Waals surface area contributed by atoms with Crippen molar-refractivity contribution in [3.63, 3.8) is 0 Å². The van der Waals surface area contributed by atoms with Gasteiger partial charge in [-0.15, -0.1) is 0 Å². The Balaban J connectivity index is 2.56. The highest BCUT2D eigenvalue weighted by Crippen LogP contribution is 2.32. The van der Waals surface area contributed by atoms with Crippen LogP contribution in [0.1, 0.15) is 23.3 Å². The van der Waals surface area contributed by atoms with Crippen LogP contribution in [0.4, 0.5) is 0 Å². The van der Waals surface area contributed by atoms with Crippen molar-refractivity contribution >= 4 is 38.8 Å². The van der Waals surface area contributed by atoms with Crippen LogP contribution in [0.5, 0.6) is 0 Å². The predicted molar refractivity (Wildman–Crippen MR) is 89.2 cm³/mol. The average molecular weight is 357 g/mol. The van der Waals surface area contributed by atoms with E-state index in [4.69, 9.17) is 23.2 Å². The molecule has 0 saturated carbocycles. The van der Waals surface area contributed by atoms with Gasteiger partial charge in [0.05, 0.1) is 0 Å². The van der Waals surface area contributed by atoms with E-state index in [0.717, 1.165) is 0 Å². The van der Waals surface area contributed by atoms with E-state index < -0.39 is 26.6 Å². The third kappa shape index (κ3) is 4.09. The molecule has 3 nitrogen and oxygen atoms in total. The third-order valence-corrected chi connectivity index (χ3v) is 5.68. The number of hydrogen-bond acceptors (Lipinski definition) is 3. The van der Waals surface area contributed by atoms with Crippen molar-refractivity contribution < 1.29 is 13.2 Å². The lowest BCUT2D eigenvalue weighted by Crippen LogP contribution is -2.22. The van der Waals surface area contributed by atoms with E-state index in [9.17, 15) is 13.2 Å². The second kappa shape index (κ2) is 6.82. The summed E-state index contributed by atoms with van der Waals surface area (Å²) in [6, 6.07) is 13.1. The predicted octanol–water partition coefficient (Wildman–Crippen LogP) is 4.09. The zero-order valence-electron chi connectivity index (χ0n) is 11.8. The van der Waals surface area contributed by atoms with Gasteiger partial charge in [-0.3, -0.25) is 4.79 Å². The van der Waals surface area contributed by atoms with Crippen LogP contribution in [0.2, 0.25) is 10.0 Å². The van der Waals surface area contributed by atoms with E-state index in [1.807, 2.05) is 0 Å². The minimum atomic E-state index is -3.69. The van der Waals surface area contributed by atoms with Gasteiger partial charge in [-0.1, -0.05) is 47.5 Å². The Labute approximate surface area is 139 Å². The number of rotatable bonds is 5. The molecule has 22 heavy (non-hydrogen) atoms. The summed E-state index contributed by atoms with van der Waals surface area (Å²) in [6.07, 6.45) is 0. The molecule has 0 aliphatic heterocycles. The lowest BCUT2D eigenvalue weighted by Gasteiger charge is -2.18. The first-order valence-electron chi connectivity index (χ1n) is 6.51. The quantitative estimate of drug-likeness (QED) is 0.810. The van der Waals surface area contributed by atoms with Crippen molar-refractivity contribution in [2.75, 3.05) is 5.75 Å². The van der Waals surface area contributed by atoms with Gasteiger partial charge in [0.15, 0.2) is 9.84 Å². The molecule has 116 valence electrons. The van der Waals surface area contributed by atoms with Crippen molar-refractivity contribution in [2.24, 2.45) is 0 Å². The van der Waals surface area contributed by atoms with Crippen LogP contribution >= 0.6 is 23.2 Å². The standard InChI is InChI=1S/C16H14Cl2O3S/c1-11(19)10-22(20,21)16(12-2-6-14(17)7-3-12)13-4-8-15(18)9-5-13/h2-9,16H,10H2,1H3. The van der Waals surface area contributed by atoms with Crippen LogP contribution in [0.15, 0.2) is 48.5 Å². The first-order valence-corrected chi connectivity index (χ1v) is 8.98. The Bertz CT molecular complexity index is 721. The Morgan fingerprint density at radius 2 is 1.27 bits per heavy atom. The van der Waals surface area contributed by atoms with Gasteiger partial charge < -0.3 is 0 Å². The summed E-state index contributed by atoms with van der Waals surface area (Å²) in [5.41, 5.74) is 1.13. The fraction of sp³-hybridized carbons (Fsp3) is 0.188. The first kappa shape index (κ1) is 17.0. The molecular weight excluding hydrogens is 343 g/mol. The number of carbonyl (C=O) groups excluding carboxylic acids is 1. The molecule has 2 aromatic rings. The second-order valence-electron chi connectivity index (χ2n) is 4.99. The lowest BCUT2D eigenvalue weighted by atomic mass is 10.0. The van der Waals surface area contributed by atoms with Crippen LogP contribution in [-0.4, -0.2) is 20.0 Å². The van der Waals surface area contributed by atoms with E-state index in [1.54, 1.807) is 48.5 Å². The molecule has 0 amide bonds. The molecule has 0 aromatic heterocycles. The molecule has 0 radical (unpaired) electrons. The molecule has 0 bridgehead atoms. The number of Topliss-reactive ketones (excluding diaryl/α,β-unsaturated/α-hetero) is 1. The van der Waals surface area contributed by atoms with Crippen LogP contribution in [0, 0.1) is 0 Å². The Kier molecular flexibility index (Phi) is 5.27. The lowest BCUT2D eigenvalue weighted by molar-refractivity contribution is -0.114. The summed E-state index contributed by atoms with van der Waals surface area (Å²) in [6.45, 7) is 1.26. The molecule has 0 spiro atoms. The fourth-order valence-electron chi connectivity index (χ4n) is 2.25. The molecule has 0 aliphatic rings. The van der Waals surface area contributed by atoms with Crippen molar-refractivity contribution in [1.29, 1.82) is 0 Å². The monoisotopic (exact) mass is 356 g/mol. The van der Waals surface area contributed by atoms with Gasteiger partial charge in [0, 0.05) is 10.0 Å². The molecule has 0 saturated heterocycles. The maximum atomic E-state index is 12.6. The van der Waals surface area contributed by atoms with Crippen LogP contribution in [0.25, 0.3) is 0 Å². The molecule has 0 atom stereocenters. The van der Waals surface area contributed by atoms with Gasteiger partial charge in [0.1, 0.15) is 16.8 Å². The van der Waals surface area contributed by atoms with Gasteiger partial charge in [0.25, 0.3) is 0 Å². The molecule has 0 unspecified atom stereocenters. The molecule has 0 fully saturated rings. The van der Waals surface area contributed by atoms with Crippen molar-refractivity contribution in [1.82, 2.24) is 0 Å². The average Bonchev–Trinajstić information content (AvgIpc) is 2.42. The van der Waals surface area contributed by atoms with Gasteiger partial charge in [0.2, 0.25) is 0 Å². The van der Waals surface area contributed by atoms with E-state index in [1.165, 1.54) is 6.92 Å². The molecular formula is C16H14Cl2O3S. The highest BCUT2D eigenvalue weighted by molar-refractivity contribution is 7.92. The van der Waals surface area contributed by atoms with Crippen molar-refractivity contribution in [3.8, 4) is 0 Å². The summed E-state index contributed by atoms with van der Waals surface area (Å²) in [4.78, 5) is 11.3. The highest BCUT2D eigenvalue weighted by Gasteiger charge is 2.30. The summed E-state index contributed by atoms with van der Waals surface area (Å²) in [5, 5.41) is 0.107. The van der Waals surface area contributed by atoms with E-state index in [2.05, 4.69) is 0 Å². The van der Waals surface area contributed by atoms with E-state index in [-0.39, 0.29) is 0 Å². The molecule has 6 heteroatoms. The van der Waals surface area contributed by atoms with E-state index in [0.29, 0.717) is 21.2 Å². The SMILES string of the molecule is CC(=O)CS(=O)(=O)C(c1ccc(Cl)cc1)c1ccc(Cl)cc1. The van der Waals surface area contributed by atoms with Gasteiger partial charge >= 0.3 is 0 Å². The van der Waals surface area contributed by atoms with Crippen LogP contribution in [-0.2, 0) is 14.6 Å². The minimum Gasteiger partial charge on any atom is -0.299 e. The molecule has 0 N–H and O–H groups in total. The summed E-state index contributed by atoms with van der Waals surface area (Å²) >= 11 is 11.7. The summed E-state index contributed by atoms with van der Waals surface area (Å²) < 4.78 is 25.3. The fourth-order valence-corrected chi connectivity index (χ4v) is 4.38. The number of benzene rings is 2. The van der Waals surface area contributed by atoms with Crippen LogP contribution in [0.3, 0.4) is 0 Å². The zero-order chi connectivity index (χ0) is 16.3. The molecule has 0 heterocycles. The summed E-state index contributed by atoms with van der Waals surface area (Å²) in [7, 11) is -3.69. The molecule has 2 rings (SSSR count). The van der Waals surface area contributed by atoms with Gasteiger partial charge in [-0.05, 0) is 42.3 Å². The smallest absolute Gasteiger partial charge is 0.168 e. The zero-order valence-corrected chi connectivity index (χ0v) is 14.1. The number of halogens is 2. The molecule has 0 aliphatic carbocycles. The van der Waals surface area contributed by atoms with Crippen molar-refractivity contribution in [2.45, 2.75) is 12.2 Å². The normalized spacial score (nSPS) is 11.6. The molecule has 2 aromatic carbocycles. The first-order chi connectivity index (χ1) is 10.3. The summed E-state index contributed by atoms with van der Waals surface area (Å²) in [5.74, 6) is -0.906. The van der Waals surface area contributed by atoms with Gasteiger partial charge in [-0.2, -0.15) is 0 Å². The second-order valence-corrected chi connectivity index (χ2v) is 7.95. The van der Waals surface area contributed by atoms with Crippen LogP contribution < -0.4 is 0 Å². The Hall–Kier alpha value is -1.36. The number of sulfone groups is 1. The largest absolute Gasteiger partial charge is 0.299 e. The van der Waals surface area contributed by atoms with E-state index >= 15 is 0 Å². The van der Waals surface area contributed by atoms with Crippen molar-refractivity contribution in [3.05, 3.63) is 69.7 Å². The highest BCUT2D eigenvalue weighted by atomic mass is 35.5. The Morgan fingerprint density at radius 3 is 1.59 bits per heavy atom. The third-order valence-electron chi connectivity index (χ3n) is 3.11. The maximum Gasteiger partial charge on any atom is 0.168 e. The topological polar surface area (TPSA) is 51.2 Å². The number of ketones is 1. The minimum absolute atomic E-state index is 0.395. The Morgan fingerprint density at radius 1 is 0.909 bits per heavy atom.